The van der Waals surface area contributed by atoms with Gasteiger partial charge in [0.1, 0.15) is 5.82 Å². The van der Waals surface area contributed by atoms with Crippen molar-refractivity contribution in [1.82, 2.24) is 9.36 Å². The molecule has 0 aliphatic rings. The number of benzene rings is 1. The molecule has 4 nitrogen and oxygen atoms in total. The van der Waals surface area contributed by atoms with E-state index in [9.17, 15) is 4.21 Å². The molecule has 1 aromatic heterocycles. The Labute approximate surface area is 113 Å². The molecular formula is C12H15N3OS2. The summed E-state index contributed by atoms with van der Waals surface area (Å²) in [7, 11) is -0.844. The number of hydrogen-bond donors (Lipinski definition) is 1. The largest absolute Gasteiger partial charge is 0.359 e. The predicted octanol–water partition coefficient (Wildman–Crippen LogP) is 2.21. The molecule has 1 aromatic carbocycles. The van der Waals surface area contributed by atoms with Gasteiger partial charge in [-0.2, -0.15) is 4.37 Å². The van der Waals surface area contributed by atoms with Gasteiger partial charge in [0.15, 0.2) is 0 Å². The maximum atomic E-state index is 11.8. The molecule has 96 valence electrons. The second kappa shape index (κ2) is 6.61. The molecule has 0 aliphatic carbocycles. The fourth-order valence-electron chi connectivity index (χ4n) is 1.47. The van der Waals surface area contributed by atoms with Crippen LogP contribution in [0.2, 0.25) is 0 Å². The van der Waals surface area contributed by atoms with Crippen molar-refractivity contribution in [3.63, 3.8) is 0 Å². The fourth-order valence-corrected chi connectivity index (χ4v) is 3.11. The molecule has 0 aliphatic heterocycles. The summed E-state index contributed by atoms with van der Waals surface area (Å²) in [5, 5.41) is 3.93. The van der Waals surface area contributed by atoms with E-state index >= 15 is 0 Å². The van der Waals surface area contributed by atoms with Crippen LogP contribution in [0.5, 0.6) is 0 Å². The van der Waals surface area contributed by atoms with Gasteiger partial charge in [0.05, 0.1) is 0 Å². The van der Waals surface area contributed by atoms with Crippen LogP contribution in [-0.2, 0) is 16.6 Å². The first kappa shape index (κ1) is 13.2. The first-order valence-corrected chi connectivity index (χ1v) is 7.93. The number of rotatable bonds is 6. The minimum absolute atomic E-state index is 0.609. The van der Waals surface area contributed by atoms with E-state index < -0.39 is 10.8 Å². The Balaban J connectivity index is 1.72. The van der Waals surface area contributed by atoms with Crippen LogP contribution in [0.1, 0.15) is 11.4 Å². The number of hydrogen-bond acceptors (Lipinski definition) is 5. The van der Waals surface area contributed by atoms with Gasteiger partial charge >= 0.3 is 0 Å². The lowest BCUT2D eigenvalue weighted by atomic mass is 10.2. The van der Waals surface area contributed by atoms with E-state index in [-0.39, 0.29) is 0 Å². The van der Waals surface area contributed by atoms with E-state index in [4.69, 9.17) is 0 Å². The molecule has 0 saturated heterocycles. The number of aromatic nitrogens is 2. The third kappa shape index (κ3) is 4.19. The Morgan fingerprint density at radius 3 is 2.78 bits per heavy atom. The third-order valence-electron chi connectivity index (χ3n) is 2.30. The van der Waals surface area contributed by atoms with E-state index in [0.717, 1.165) is 16.5 Å². The van der Waals surface area contributed by atoms with E-state index in [2.05, 4.69) is 14.7 Å². The maximum Gasteiger partial charge on any atom is 0.202 e. The SMILES string of the molecule is Cc1nsc(NCCS(=O)Cc2ccccc2)n1. The Hall–Kier alpha value is -1.27. The third-order valence-corrected chi connectivity index (χ3v) is 4.38. The van der Waals surface area contributed by atoms with Gasteiger partial charge in [0.2, 0.25) is 5.13 Å². The van der Waals surface area contributed by atoms with Crippen molar-refractivity contribution >= 4 is 27.5 Å². The van der Waals surface area contributed by atoms with Gasteiger partial charge in [0.25, 0.3) is 0 Å². The average Bonchev–Trinajstić information content (AvgIpc) is 2.76. The summed E-state index contributed by atoms with van der Waals surface area (Å²) in [4.78, 5) is 4.19. The normalized spacial score (nSPS) is 12.3. The first-order chi connectivity index (χ1) is 8.74. The van der Waals surface area contributed by atoms with Crippen molar-refractivity contribution in [2.45, 2.75) is 12.7 Å². The van der Waals surface area contributed by atoms with Crippen LogP contribution in [0.25, 0.3) is 0 Å². The van der Waals surface area contributed by atoms with Gasteiger partial charge < -0.3 is 5.32 Å². The molecule has 0 bridgehead atoms. The van der Waals surface area contributed by atoms with Gasteiger partial charge in [-0.25, -0.2) is 4.98 Å². The van der Waals surface area contributed by atoms with Gasteiger partial charge in [-0.3, -0.25) is 4.21 Å². The highest BCUT2D eigenvalue weighted by Crippen LogP contribution is 2.09. The summed E-state index contributed by atoms with van der Waals surface area (Å²) in [5.41, 5.74) is 1.11. The van der Waals surface area contributed by atoms with Gasteiger partial charge in [0, 0.05) is 40.4 Å². The Bertz CT molecular complexity index is 513. The van der Waals surface area contributed by atoms with Crippen LogP contribution in [0.4, 0.5) is 5.13 Å². The Morgan fingerprint density at radius 2 is 2.11 bits per heavy atom. The minimum Gasteiger partial charge on any atom is -0.359 e. The molecule has 0 amide bonds. The molecule has 6 heteroatoms. The molecule has 2 aromatic rings. The molecule has 18 heavy (non-hydrogen) atoms. The van der Waals surface area contributed by atoms with Gasteiger partial charge in [-0.1, -0.05) is 30.3 Å². The molecule has 1 atom stereocenters. The van der Waals surface area contributed by atoms with E-state index in [1.54, 1.807) is 0 Å². The molecule has 2 rings (SSSR count). The highest BCUT2D eigenvalue weighted by molar-refractivity contribution is 7.84. The van der Waals surface area contributed by atoms with Crippen LogP contribution >= 0.6 is 11.5 Å². The second-order valence-electron chi connectivity index (χ2n) is 3.85. The molecule has 1 heterocycles. The van der Waals surface area contributed by atoms with E-state index in [1.165, 1.54) is 11.5 Å². The molecular weight excluding hydrogens is 266 g/mol. The van der Waals surface area contributed by atoms with Crippen molar-refractivity contribution in [1.29, 1.82) is 0 Å². The second-order valence-corrected chi connectivity index (χ2v) is 6.18. The van der Waals surface area contributed by atoms with Crippen molar-refractivity contribution < 1.29 is 4.21 Å². The van der Waals surface area contributed by atoms with E-state index in [1.807, 2.05) is 37.3 Å². The highest BCUT2D eigenvalue weighted by atomic mass is 32.2. The molecule has 0 radical (unpaired) electrons. The van der Waals surface area contributed by atoms with Crippen LogP contribution in [0, 0.1) is 6.92 Å². The average molecular weight is 281 g/mol. The number of nitrogens with zero attached hydrogens (tertiary/aromatic N) is 2. The lowest BCUT2D eigenvalue weighted by Crippen LogP contribution is -2.12. The zero-order valence-electron chi connectivity index (χ0n) is 10.1. The number of anilines is 1. The Kier molecular flexibility index (Phi) is 4.83. The summed E-state index contributed by atoms with van der Waals surface area (Å²) in [6.45, 7) is 2.52. The summed E-state index contributed by atoms with van der Waals surface area (Å²) < 4.78 is 15.9. The molecule has 0 saturated carbocycles. The predicted molar refractivity (Wildman–Crippen MR) is 76.3 cm³/mol. The van der Waals surface area contributed by atoms with Gasteiger partial charge in [-0.15, -0.1) is 0 Å². The molecule has 0 fully saturated rings. The van der Waals surface area contributed by atoms with E-state index in [0.29, 0.717) is 18.1 Å². The Morgan fingerprint density at radius 1 is 1.33 bits per heavy atom. The molecule has 1 N–H and O–H groups in total. The van der Waals surface area contributed by atoms with Crippen molar-refractivity contribution in [3.05, 3.63) is 41.7 Å². The minimum atomic E-state index is -0.844. The quantitative estimate of drug-likeness (QED) is 0.882. The monoisotopic (exact) mass is 281 g/mol. The first-order valence-electron chi connectivity index (χ1n) is 5.67. The van der Waals surface area contributed by atoms with Crippen LogP contribution < -0.4 is 5.32 Å². The summed E-state index contributed by atoms with van der Waals surface area (Å²) in [6, 6.07) is 9.90. The smallest absolute Gasteiger partial charge is 0.202 e. The number of aryl methyl sites for hydroxylation is 1. The molecule has 1 unspecified atom stereocenters. The maximum absolute atomic E-state index is 11.8. The van der Waals surface area contributed by atoms with Gasteiger partial charge in [-0.05, 0) is 12.5 Å². The van der Waals surface area contributed by atoms with Crippen LogP contribution in [-0.4, -0.2) is 25.9 Å². The summed E-state index contributed by atoms with van der Waals surface area (Å²) in [5.74, 6) is 2.00. The summed E-state index contributed by atoms with van der Waals surface area (Å²) >= 11 is 1.33. The van der Waals surface area contributed by atoms with Crippen molar-refractivity contribution in [2.75, 3.05) is 17.6 Å². The lowest BCUT2D eigenvalue weighted by molar-refractivity contribution is 0.682. The van der Waals surface area contributed by atoms with Crippen molar-refractivity contribution in [3.8, 4) is 0 Å². The number of nitrogens with one attached hydrogen (secondary N) is 1. The zero-order chi connectivity index (χ0) is 12.8. The molecule has 0 spiro atoms. The van der Waals surface area contributed by atoms with Crippen molar-refractivity contribution in [2.24, 2.45) is 0 Å². The fraction of sp³-hybridized carbons (Fsp3) is 0.333. The van der Waals surface area contributed by atoms with Crippen LogP contribution in [0.15, 0.2) is 30.3 Å². The van der Waals surface area contributed by atoms with Crippen LogP contribution in [0.3, 0.4) is 0 Å². The summed E-state index contributed by atoms with van der Waals surface area (Å²) in [6.07, 6.45) is 0. The zero-order valence-corrected chi connectivity index (χ0v) is 11.8. The highest BCUT2D eigenvalue weighted by Gasteiger charge is 2.03. The topological polar surface area (TPSA) is 54.9 Å². The standard InChI is InChI=1S/C12H15N3OS2/c1-10-14-12(17-15-10)13-7-8-18(16)9-11-5-3-2-4-6-11/h2-6H,7-9H2,1H3,(H,13,14,15). The lowest BCUT2D eigenvalue weighted by Gasteiger charge is -2.03.